The van der Waals surface area contributed by atoms with Crippen LogP contribution in [0.5, 0.6) is 0 Å². The van der Waals surface area contributed by atoms with E-state index in [4.69, 9.17) is 28.9 Å². The summed E-state index contributed by atoms with van der Waals surface area (Å²) in [5.74, 6) is 0. The molecule has 0 amide bonds. The van der Waals surface area contributed by atoms with Gasteiger partial charge >= 0.3 is 0 Å². The molecule has 1 atom stereocenters. The standard InChI is InChI=1S/C14H19Cl2N3/c15-12-7-10(17)8-13(16)14(12)19-6-3-11(9-19)18-4-1-2-5-18/h7-8,11H,1-6,9,17H2. The highest BCUT2D eigenvalue weighted by Crippen LogP contribution is 2.38. The van der Waals surface area contributed by atoms with Gasteiger partial charge in [0, 0.05) is 24.8 Å². The number of rotatable bonds is 2. The first-order valence-electron chi connectivity index (χ1n) is 6.88. The third-order valence-electron chi connectivity index (χ3n) is 4.18. The van der Waals surface area contributed by atoms with Crippen LogP contribution in [0.2, 0.25) is 10.0 Å². The summed E-state index contributed by atoms with van der Waals surface area (Å²) in [6.45, 7) is 4.51. The maximum absolute atomic E-state index is 6.30. The monoisotopic (exact) mass is 299 g/mol. The van der Waals surface area contributed by atoms with Crippen molar-refractivity contribution in [1.82, 2.24) is 4.90 Å². The summed E-state index contributed by atoms with van der Waals surface area (Å²) in [6.07, 6.45) is 3.86. The van der Waals surface area contributed by atoms with Gasteiger partial charge in [0.25, 0.3) is 0 Å². The Morgan fingerprint density at radius 3 is 2.32 bits per heavy atom. The van der Waals surface area contributed by atoms with E-state index in [2.05, 4.69) is 9.80 Å². The van der Waals surface area contributed by atoms with E-state index in [-0.39, 0.29) is 0 Å². The van der Waals surface area contributed by atoms with Gasteiger partial charge in [-0.05, 0) is 44.5 Å². The molecule has 5 heteroatoms. The minimum Gasteiger partial charge on any atom is -0.399 e. The maximum atomic E-state index is 6.30. The first-order valence-corrected chi connectivity index (χ1v) is 7.64. The number of hydrogen-bond donors (Lipinski definition) is 1. The lowest BCUT2D eigenvalue weighted by molar-refractivity contribution is 0.260. The third kappa shape index (κ3) is 2.64. The van der Waals surface area contributed by atoms with E-state index >= 15 is 0 Å². The van der Waals surface area contributed by atoms with E-state index in [1.165, 1.54) is 32.4 Å². The summed E-state index contributed by atoms with van der Waals surface area (Å²) >= 11 is 12.6. The highest BCUT2D eigenvalue weighted by molar-refractivity contribution is 6.39. The number of benzene rings is 1. The Hall–Kier alpha value is -0.640. The Labute approximate surface area is 124 Å². The van der Waals surface area contributed by atoms with Gasteiger partial charge in [0.05, 0.1) is 15.7 Å². The van der Waals surface area contributed by atoms with Crippen LogP contribution < -0.4 is 10.6 Å². The van der Waals surface area contributed by atoms with Crippen molar-refractivity contribution in [2.24, 2.45) is 0 Å². The SMILES string of the molecule is Nc1cc(Cl)c(N2CCC(N3CCCC3)C2)c(Cl)c1. The summed E-state index contributed by atoms with van der Waals surface area (Å²) in [6, 6.07) is 4.21. The molecule has 0 aromatic heterocycles. The topological polar surface area (TPSA) is 32.5 Å². The van der Waals surface area contributed by atoms with Gasteiger partial charge in [-0.1, -0.05) is 23.2 Å². The second kappa shape index (κ2) is 5.39. The minimum absolute atomic E-state index is 0.619. The van der Waals surface area contributed by atoms with E-state index in [0.717, 1.165) is 18.8 Å². The lowest BCUT2D eigenvalue weighted by Crippen LogP contribution is -2.35. The Morgan fingerprint density at radius 1 is 1.05 bits per heavy atom. The van der Waals surface area contributed by atoms with Crippen LogP contribution in [0.3, 0.4) is 0 Å². The van der Waals surface area contributed by atoms with Crippen molar-refractivity contribution in [1.29, 1.82) is 0 Å². The van der Waals surface area contributed by atoms with Gasteiger partial charge in [0.15, 0.2) is 0 Å². The molecule has 2 fully saturated rings. The normalized spacial score (nSPS) is 24.3. The average molecular weight is 300 g/mol. The molecular formula is C14H19Cl2N3. The van der Waals surface area contributed by atoms with Crippen LogP contribution in [0.25, 0.3) is 0 Å². The van der Waals surface area contributed by atoms with Gasteiger partial charge in [-0.25, -0.2) is 0 Å². The number of anilines is 2. The summed E-state index contributed by atoms with van der Waals surface area (Å²) in [4.78, 5) is 4.90. The number of nitrogen functional groups attached to an aromatic ring is 1. The van der Waals surface area contributed by atoms with Crippen LogP contribution in [0.15, 0.2) is 12.1 Å². The molecule has 2 aliphatic rings. The van der Waals surface area contributed by atoms with Crippen LogP contribution in [-0.2, 0) is 0 Å². The fraction of sp³-hybridized carbons (Fsp3) is 0.571. The molecule has 0 radical (unpaired) electrons. The van der Waals surface area contributed by atoms with Gasteiger partial charge < -0.3 is 10.6 Å². The summed E-state index contributed by atoms with van der Waals surface area (Å²) < 4.78 is 0. The van der Waals surface area contributed by atoms with E-state index in [1.807, 2.05) is 0 Å². The zero-order chi connectivity index (χ0) is 13.4. The fourth-order valence-corrected chi connectivity index (χ4v) is 3.98. The molecule has 0 saturated carbocycles. The summed E-state index contributed by atoms with van der Waals surface area (Å²) in [7, 11) is 0. The molecule has 0 aliphatic carbocycles. The van der Waals surface area contributed by atoms with Crippen molar-refractivity contribution in [2.45, 2.75) is 25.3 Å². The number of hydrogen-bond acceptors (Lipinski definition) is 3. The number of halogens is 2. The number of nitrogens with zero attached hydrogens (tertiary/aromatic N) is 2. The Morgan fingerprint density at radius 2 is 1.68 bits per heavy atom. The summed E-state index contributed by atoms with van der Waals surface area (Å²) in [5.41, 5.74) is 7.32. The average Bonchev–Trinajstić information content (AvgIpc) is 2.97. The van der Waals surface area contributed by atoms with Gasteiger partial charge in [-0.3, -0.25) is 4.90 Å². The number of likely N-dealkylation sites (tertiary alicyclic amines) is 1. The first-order chi connectivity index (χ1) is 9.15. The largest absolute Gasteiger partial charge is 0.399 e. The molecule has 2 heterocycles. The predicted molar refractivity (Wildman–Crippen MR) is 82.3 cm³/mol. The van der Waals surface area contributed by atoms with Crippen molar-refractivity contribution in [3.8, 4) is 0 Å². The van der Waals surface area contributed by atoms with Gasteiger partial charge in [0.2, 0.25) is 0 Å². The molecule has 3 rings (SSSR count). The molecule has 0 spiro atoms. The van der Waals surface area contributed by atoms with E-state index in [0.29, 0.717) is 21.8 Å². The zero-order valence-electron chi connectivity index (χ0n) is 10.9. The number of nitrogens with two attached hydrogens (primary N) is 1. The second-order valence-corrected chi connectivity index (χ2v) is 6.28. The van der Waals surface area contributed by atoms with Crippen molar-refractivity contribution in [3.63, 3.8) is 0 Å². The van der Waals surface area contributed by atoms with E-state index < -0.39 is 0 Å². The lowest BCUT2D eigenvalue weighted by Gasteiger charge is -2.25. The molecule has 104 valence electrons. The molecule has 1 unspecified atom stereocenters. The van der Waals surface area contributed by atoms with Crippen LogP contribution in [0, 0.1) is 0 Å². The van der Waals surface area contributed by atoms with Crippen molar-refractivity contribution in [2.75, 3.05) is 36.8 Å². The van der Waals surface area contributed by atoms with Crippen molar-refractivity contribution >= 4 is 34.6 Å². The molecule has 2 saturated heterocycles. The van der Waals surface area contributed by atoms with Gasteiger partial charge in [-0.15, -0.1) is 0 Å². The Bertz CT molecular complexity index is 449. The Balaban J connectivity index is 1.77. The molecular weight excluding hydrogens is 281 g/mol. The second-order valence-electron chi connectivity index (χ2n) is 5.46. The maximum Gasteiger partial charge on any atom is 0.0747 e. The highest BCUT2D eigenvalue weighted by atomic mass is 35.5. The molecule has 0 bridgehead atoms. The first kappa shape index (κ1) is 13.3. The summed E-state index contributed by atoms with van der Waals surface area (Å²) in [5, 5.41) is 1.32. The molecule has 19 heavy (non-hydrogen) atoms. The predicted octanol–water partition coefficient (Wildman–Crippen LogP) is 3.25. The Kier molecular flexibility index (Phi) is 3.79. The van der Waals surface area contributed by atoms with Gasteiger partial charge in [0.1, 0.15) is 0 Å². The van der Waals surface area contributed by atoms with Crippen LogP contribution in [-0.4, -0.2) is 37.1 Å². The third-order valence-corrected chi connectivity index (χ3v) is 4.75. The van der Waals surface area contributed by atoms with E-state index in [1.54, 1.807) is 12.1 Å². The van der Waals surface area contributed by atoms with Crippen LogP contribution in [0.4, 0.5) is 11.4 Å². The van der Waals surface area contributed by atoms with Crippen LogP contribution in [0.1, 0.15) is 19.3 Å². The van der Waals surface area contributed by atoms with Crippen molar-refractivity contribution < 1.29 is 0 Å². The quantitative estimate of drug-likeness (QED) is 0.851. The lowest BCUT2D eigenvalue weighted by atomic mass is 10.2. The minimum atomic E-state index is 0.619. The van der Waals surface area contributed by atoms with Gasteiger partial charge in [-0.2, -0.15) is 0 Å². The molecule has 1 aromatic carbocycles. The van der Waals surface area contributed by atoms with E-state index in [9.17, 15) is 0 Å². The van der Waals surface area contributed by atoms with Crippen LogP contribution >= 0.6 is 23.2 Å². The fourth-order valence-electron chi connectivity index (χ4n) is 3.24. The zero-order valence-corrected chi connectivity index (χ0v) is 12.4. The smallest absolute Gasteiger partial charge is 0.0747 e. The molecule has 2 N–H and O–H groups in total. The highest BCUT2D eigenvalue weighted by Gasteiger charge is 2.31. The van der Waals surface area contributed by atoms with Crippen molar-refractivity contribution in [3.05, 3.63) is 22.2 Å². The molecule has 3 nitrogen and oxygen atoms in total. The molecule has 1 aromatic rings. The molecule has 2 aliphatic heterocycles.